The van der Waals surface area contributed by atoms with Crippen LogP contribution in [0.3, 0.4) is 0 Å². The second-order valence-corrected chi connectivity index (χ2v) is 7.12. The summed E-state index contributed by atoms with van der Waals surface area (Å²) in [5.41, 5.74) is 2.98. The van der Waals surface area contributed by atoms with Crippen molar-refractivity contribution in [1.82, 2.24) is 4.90 Å². The maximum absolute atomic E-state index is 9.84. The highest BCUT2D eigenvalue weighted by Gasteiger charge is 2.45. The van der Waals surface area contributed by atoms with Gasteiger partial charge in [0.25, 0.3) is 0 Å². The molecule has 1 aliphatic carbocycles. The van der Waals surface area contributed by atoms with Gasteiger partial charge in [0.2, 0.25) is 0 Å². The van der Waals surface area contributed by atoms with Gasteiger partial charge >= 0.3 is 0 Å². The standard InChI is InChI=1S/C18H27NO.ClH/c1-4-9-19-10-5-6-15-17(19)11-13-7-8-14(20)12-16(13)18(15,2)3;/h7-8,12,15,17,20H,4-6,9-11H2,1-3H3;1H/t15-,17+;/m0./s1. The van der Waals surface area contributed by atoms with Crippen LogP contribution in [0.25, 0.3) is 0 Å². The number of piperidine rings is 1. The fourth-order valence-corrected chi connectivity index (χ4v) is 4.57. The zero-order valence-corrected chi connectivity index (χ0v) is 14.2. The highest BCUT2D eigenvalue weighted by atomic mass is 35.5. The molecule has 0 saturated carbocycles. The molecule has 2 atom stereocenters. The Labute approximate surface area is 135 Å². The summed E-state index contributed by atoms with van der Waals surface area (Å²) >= 11 is 0. The average Bonchev–Trinajstić information content (AvgIpc) is 2.41. The first kappa shape index (κ1) is 16.6. The van der Waals surface area contributed by atoms with Gasteiger partial charge in [-0.15, -0.1) is 12.4 Å². The Hall–Kier alpha value is -0.730. The molecule has 1 heterocycles. The van der Waals surface area contributed by atoms with E-state index in [1.165, 1.54) is 43.5 Å². The van der Waals surface area contributed by atoms with Gasteiger partial charge in [0.15, 0.2) is 0 Å². The molecule has 21 heavy (non-hydrogen) atoms. The third-order valence-corrected chi connectivity index (χ3v) is 5.55. The number of fused-ring (bicyclic) bond motifs is 2. The zero-order valence-electron chi connectivity index (χ0n) is 13.4. The number of aromatic hydroxyl groups is 1. The lowest BCUT2D eigenvalue weighted by atomic mass is 9.60. The lowest BCUT2D eigenvalue weighted by molar-refractivity contribution is 0.0442. The zero-order chi connectivity index (χ0) is 14.3. The van der Waals surface area contributed by atoms with Gasteiger partial charge in [0.1, 0.15) is 5.75 Å². The largest absolute Gasteiger partial charge is 0.508 e. The van der Waals surface area contributed by atoms with Crippen LogP contribution in [-0.4, -0.2) is 29.1 Å². The van der Waals surface area contributed by atoms with Gasteiger partial charge in [0, 0.05) is 6.04 Å². The molecule has 0 aromatic heterocycles. The maximum Gasteiger partial charge on any atom is 0.115 e. The fourth-order valence-electron chi connectivity index (χ4n) is 4.57. The molecule has 0 spiro atoms. The highest BCUT2D eigenvalue weighted by Crippen LogP contribution is 2.47. The van der Waals surface area contributed by atoms with Gasteiger partial charge in [-0.25, -0.2) is 0 Å². The topological polar surface area (TPSA) is 23.5 Å². The van der Waals surface area contributed by atoms with Crippen LogP contribution in [0, 0.1) is 5.92 Å². The third kappa shape index (κ3) is 2.80. The van der Waals surface area contributed by atoms with Crippen LogP contribution < -0.4 is 0 Å². The van der Waals surface area contributed by atoms with Crippen molar-refractivity contribution in [3.05, 3.63) is 29.3 Å². The van der Waals surface area contributed by atoms with E-state index >= 15 is 0 Å². The second-order valence-electron chi connectivity index (χ2n) is 7.12. The van der Waals surface area contributed by atoms with Crippen molar-refractivity contribution in [1.29, 1.82) is 0 Å². The molecule has 2 aliphatic rings. The number of nitrogens with zero attached hydrogens (tertiary/aromatic N) is 1. The number of halogens is 1. The molecule has 1 fully saturated rings. The van der Waals surface area contributed by atoms with E-state index in [-0.39, 0.29) is 17.8 Å². The fraction of sp³-hybridized carbons (Fsp3) is 0.667. The Kier molecular flexibility index (Phi) is 4.89. The lowest BCUT2D eigenvalue weighted by Gasteiger charge is -2.52. The second kappa shape index (κ2) is 6.18. The number of phenolic OH excluding ortho intramolecular Hbond substituents is 1. The van der Waals surface area contributed by atoms with Crippen molar-refractivity contribution in [3.8, 4) is 5.75 Å². The van der Waals surface area contributed by atoms with Crippen molar-refractivity contribution in [2.24, 2.45) is 5.92 Å². The number of hydrogen-bond acceptors (Lipinski definition) is 2. The van der Waals surface area contributed by atoms with Gasteiger partial charge in [-0.2, -0.15) is 0 Å². The molecule has 1 aromatic carbocycles. The van der Waals surface area contributed by atoms with Crippen LogP contribution in [0.2, 0.25) is 0 Å². The summed E-state index contributed by atoms with van der Waals surface area (Å²) in [6, 6.07) is 6.68. The van der Waals surface area contributed by atoms with Gasteiger partial charge in [-0.1, -0.05) is 26.8 Å². The quantitative estimate of drug-likeness (QED) is 0.887. The summed E-state index contributed by atoms with van der Waals surface area (Å²) in [5, 5.41) is 9.84. The summed E-state index contributed by atoms with van der Waals surface area (Å²) in [4.78, 5) is 2.71. The van der Waals surface area contributed by atoms with Gasteiger partial charge < -0.3 is 5.11 Å². The van der Waals surface area contributed by atoms with Crippen molar-refractivity contribution in [3.63, 3.8) is 0 Å². The molecule has 1 aromatic rings. The Morgan fingerprint density at radius 1 is 1.33 bits per heavy atom. The number of rotatable bonds is 2. The molecule has 2 nitrogen and oxygen atoms in total. The van der Waals surface area contributed by atoms with E-state index in [0.717, 1.165) is 12.3 Å². The Morgan fingerprint density at radius 3 is 2.81 bits per heavy atom. The smallest absolute Gasteiger partial charge is 0.115 e. The Bertz CT molecular complexity index is 498. The summed E-state index contributed by atoms with van der Waals surface area (Å²) < 4.78 is 0. The molecule has 0 amide bonds. The summed E-state index contributed by atoms with van der Waals surface area (Å²) in [6.45, 7) is 9.52. The summed E-state index contributed by atoms with van der Waals surface area (Å²) in [6.07, 6.45) is 5.04. The van der Waals surface area contributed by atoms with E-state index in [2.05, 4.69) is 31.7 Å². The van der Waals surface area contributed by atoms with E-state index in [1.807, 2.05) is 12.1 Å². The third-order valence-electron chi connectivity index (χ3n) is 5.55. The number of likely N-dealkylation sites (tertiary alicyclic amines) is 1. The minimum atomic E-state index is 0. The monoisotopic (exact) mass is 309 g/mol. The first-order valence-electron chi connectivity index (χ1n) is 8.10. The molecular formula is C18H28ClNO. The average molecular weight is 310 g/mol. The lowest BCUT2D eigenvalue weighted by Crippen LogP contribution is -2.55. The molecule has 1 aliphatic heterocycles. The van der Waals surface area contributed by atoms with Crippen molar-refractivity contribution >= 4 is 12.4 Å². The number of phenols is 1. The van der Waals surface area contributed by atoms with Gasteiger partial charge in [-0.05, 0) is 73.4 Å². The minimum absolute atomic E-state index is 0. The molecular weight excluding hydrogens is 282 g/mol. The first-order chi connectivity index (χ1) is 9.54. The van der Waals surface area contributed by atoms with E-state index in [1.54, 1.807) is 0 Å². The molecule has 0 unspecified atom stereocenters. The van der Waals surface area contributed by atoms with Crippen LogP contribution in [0.15, 0.2) is 18.2 Å². The summed E-state index contributed by atoms with van der Waals surface area (Å²) in [5.74, 6) is 1.13. The predicted molar refractivity (Wildman–Crippen MR) is 90.5 cm³/mol. The molecule has 3 rings (SSSR count). The van der Waals surface area contributed by atoms with E-state index in [4.69, 9.17) is 0 Å². The van der Waals surface area contributed by atoms with E-state index in [0.29, 0.717) is 11.8 Å². The van der Waals surface area contributed by atoms with E-state index < -0.39 is 0 Å². The molecule has 0 bridgehead atoms. The molecule has 1 N–H and O–H groups in total. The maximum atomic E-state index is 9.84. The van der Waals surface area contributed by atoms with E-state index in [9.17, 15) is 5.11 Å². The van der Waals surface area contributed by atoms with Crippen LogP contribution in [-0.2, 0) is 11.8 Å². The van der Waals surface area contributed by atoms with Crippen LogP contribution >= 0.6 is 12.4 Å². The van der Waals surface area contributed by atoms with Crippen molar-refractivity contribution in [2.75, 3.05) is 13.1 Å². The Morgan fingerprint density at radius 2 is 2.10 bits per heavy atom. The minimum Gasteiger partial charge on any atom is -0.508 e. The molecule has 0 radical (unpaired) electrons. The van der Waals surface area contributed by atoms with Crippen molar-refractivity contribution in [2.45, 2.75) is 57.9 Å². The highest BCUT2D eigenvalue weighted by molar-refractivity contribution is 5.85. The number of hydrogen-bond donors (Lipinski definition) is 1. The van der Waals surface area contributed by atoms with Gasteiger partial charge in [-0.3, -0.25) is 4.90 Å². The molecule has 118 valence electrons. The van der Waals surface area contributed by atoms with Crippen LogP contribution in [0.1, 0.15) is 51.2 Å². The van der Waals surface area contributed by atoms with Crippen molar-refractivity contribution < 1.29 is 5.11 Å². The van der Waals surface area contributed by atoms with Gasteiger partial charge in [0.05, 0.1) is 0 Å². The predicted octanol–water partition coefficient (Wildman–Crippen LogP) is 4.14. The summed E-state index contributed by atoms with van der Waals surface area (Å²) in [7, 11) is 0. The molecule has 1 saturated heterocycles. The Balaban J connectivity index is 0.00000161. The normalized spacial score (nSPS) is 27.4. The van der Waals surface area contributed by atoms with Crippen LogP contribution in [0.4, 0.5) is 0 Å². The SMILES string of the molecule is CCCN1CCC[C@H]2[C@H]1Cc1ccc(O)cc1C2(C)C.Cl. The first-order valence-corrected chi connectivity index (χ1v) is 8.10. The van der Waals surface area contributed by atoms with Crippen LogP contribution in [0.5, 0.6) is 5.75 Å². The number of benzene rings is 1. The molecule has 3 heteroatoms.